The number of aromatic nitrogens is 1. The van der Waals surface area contributed by atoms with Gasteiger partial charge in [-0.3, -0.25) is 0 Å². The summed E-state index contributed by atoms with van der Waals surface area (Å²) in [6.07, 6.45) is 5.37. The van der Waals surface area contributed by atoms with E-state index in [0.717, 1.165) is 28.7 Å². The van der Waals surface area contributed by atoms with Crippen molar-refractivity contribution in [3.05, 3.63) is 22.3 Å². The van der Waals surface area contributed by atoms with Crippen molar-refractivity contribution in [2.24, 2.45) is 0 Å². The van der Waals surface area contributed by atoms with E-state index in [-0.39, 0.29) is 5.54 Å². The van der Waals surface area contributed by atoms with E-state index in [4.69, 9.17) is 11.6 Å². The highest BCUT2D eigenvalue weighted by Gasteiger charge is 2.36. The number of aryl methyl sites for hydroxylation is 1. The molecule has 0 atom stereocenters. The highest BCUT2D eigenvalue weighted by atomic mass is 79.9. The van der Waals surface area contributed by atoms with Crippen LogP contribution in [0.5, 0.6) is 0 Å². The molecule has 0 amide bonds. The van der Waals surface area contributed by atoms with Crippen molar-refractivity contribution in [2.45, 2.75) is 31.7 Å². The van der Waals surface area contributed by atoms with Crippen molar-refractivity contribution in [2.75, 3.05) is 11.2 Å². The van der Waals surface area contributed by atoms with Crippen LogP contribution in [0.25, 0.3) is 0 Å². The Morgan fingerprint density at radius 2 is 2.33 bits per heavy atom. The molecule has 0 radical (unpaired) electrons. The fourth-order valence-corrected chi connectivity index (χ4v) is 2.60. The van der Waals surface area contributed by atoms with Crippen molar-refractivity contribution >= 4 is 33.3 Å². The number of anilines is 1. The smallest absolute Gasteiger partial charge is 0.129 e. The molecule has 2 nitrogen and oxygen atoms in total. The molecule has 1 fully saturated rings. The van der Waals surface area contributed by atoms with Crippen LogP contribution in [0.4, 0.5) is 5.82 Å². The third kappa shape index (κ3) is 2.28. The molecule has 0 unspecified atom stereocenters. The van der Waals surface area contributed by atoms with E-state index in [1.807, 2.05) is 6.20 Å². The van der Waals surface area contributed by atoms with Crippen LogP contribution in [0.15, 0.2) is 16.7 Å². The molecule has 0 saturated heterocycles. The molecular weight excluding hydrogens is 275 g/mol. The van der Waals surface area contributed by atoms with Gasteiger partial charge >= 0.3 is 0 Å². The van der Waals surface area contributed by atoms with Crippen LogP contribution < -0.4 is 5.32 Å². The summed E-state index contributed by atoms with van der Waals surface area (Å²) in [6, 6.07) is 2.07. The van der Waals surface area contributed by atoms with Gasteiger partial charge in [0.25, 0.3) is 0 Å². The number of pyridine rings is 1. The lowest BCUT2D eigenvalue weighted by Gasteiger charge is -2.41. The summed E-state index contributed by atoms with van der Waals surface area (Å²) in [5, 5.41) is 3.47. The Kier molecular flexibility index (Phi) is 3.21. The van der Waals surface area contributed by atoms with Crippen LogP contribution in [0.3, 0.4) is 0 Å². The molecule has 1 aliphatic rings. The van der Waals surface area contributed by atoms with Gasteiger partial charge in [0.05, 0.1) is 5.54 Å². The number of rotatable bonds is 3. The Balaban J connectivity index is 2.16. The average molecular weight is 290 g/mol. The minimum absolute atomic E-state index is 0.0904. The molecule has 1 aromatic heterocycles. The van der Waals surface area contributed by atoms with Crippen LogP contribution in [-0.2, 0) is 0 Å². The number of nitrogens with zero attached hydrogens (tertiary/aromatic N) is 1. The number of hydrogen-bond acceptors (Lipinski definition) is 2. The Morgan fingerprint density at radius 1 is 1.60 bits per heavy atom. The molecule has 0 bridgehead atoms. The Labute approximate surface area is 104 Å². The first-order valence-corrected chi connectivity index (χ1v) is 6.44. The van der Waals surface area contributed by atoms with E-state index in [9.17, 15) is 0 Å². The van der Waals surface area contributed by atoms with Gasteiger partial charge in [-0.05, 0) is 53.7 Å². The summed E-state index contributed by atoms with van der Waals surface area (Å²) >= 11 is 9.40. The highest BCUT2D eigenvalue weighted by molar-refractivity contribution is 9.10. The third-order valence-corrected chi connectivity index (χ3v) is 3.94. The van der Waals surface area contributed by atoms with Crippen molar-refractivity contribution < 1.29 is 0 Å². The number of alkyl halides is 1. The van der Waals surface area contributed by atoms with Gasteiger partial charge in [0, 0.05) is 16.5 Å². The zero-order valence-electron chi connectivity index (χ0n) is 8.69. The Bertz CT molecular complexity index is 358. The third-order valence-electron chi connectivity index (χ3n) is 2.99. The lowest BCUT2D eigenvalue weighted by molar-refractivity contribution is 0.310. The molecule has 0 aliphatic heterocycles. The molecule has 1 aromatic rings. The first-order valence-electron chi connectivity index (χ1n) is 5.11. The second-order valence-corrected chi connectivity index (χ2v) is 5.39. The van der Waals surface area contributed by atoms with Gasteiger partial charge in [0.2, 0.25) is 0 Å². The minimum atomic E-state index is 0.0904. The molecule has 1 aliphatic carbocycles. The molecular formula is C11H14BrClN2. The largest absolute Gasteiger partial charge is 0.363 e. The van der Waals surface area contributed by atoms with E-state index < -0.39 is 0 Å². The van der Waals surface area contributed by atoms with Crippen molar-refractivity contribution in [3.63, 3.8) is 0 Å². The SMILES string of the molecule is Cc1cc(Br)cnc1NC1(CCl)CCC1. The molecule has 82 valence electrons. The quantitative estimate of drug-likeness (QED) is 0.858. The number of hydrogen-bond donors (Lipinski definition) is 1. The topological polar surface area (TPSA) is 24.9 Å². The molecule has 0 aromatic carbocycles. The van der Waals surface area contributed by atoms with Gasteiger partial charge in [-0.1, -0.05) is 0 Å². The molecule has 1 N–H and O–H groups in total. The normalized spacial score (nSPS) is 18.3. The van der Waals surface area contributed by atoms with Crippen LogP contribution >= 0.6 is 27.5 Å². The number of halogens is 2. The predicted molar refractivity (Wildman–Crippen MR) is 67.6 cm³/mol. The summed E-state index contributed by atoms with van der Waals surface area (Å²) < 4.78 is 1.01. The molecule has 15 heavy (non-hydrogen) atoms. The van der Waals surface area contributed by atoms with Crippen molar-refractivity contribution in [1.29, 1.82) is 0 Å². The lowest BCUT2D eigenvalue weighted by Crippen LogP contribution is -2.47. The van der Waals surface area contributed by atoms with Gasteiger partial charge in [0.15, 0.2) is 0 Å². The first kappa shape index (κ1) is 11.2. The molecule has 1 heterocycles. The van der Waals surface area contributed by atoms with Crippen LogP contribution in [0.1, 0.15) is 24.8 Å². The van der Waals surface area contributed by atoms with Gasteiger partial charge in [-0.2, -0.15) is 0 Å². The van der Waals surface area contributed by atoms with Crippen LogP contribution in [0, 0.1) is 6.92 Å². The summed E-state index contributed by atoms with van der Waals surface area (Å²) in [5.74, 6) is 1.61. The van der Waals surface area contributed by atoms with E-state index in [2.05, 4.69) is 39.2 Å². The van der Waals surface area contributed by atoms with E-state index in [0.29, 0.717) is 5.88 Å². The highest BCUT2D eigenvalue weighted by Crippen LogP contribution is 2.36. The molecule has 4 heteroatoms. The minimum Gasteiger partial charge on any atom is -0.363 e. The van der Waals surface area contributed by atoms with Crippen LogP contribution in [0.2, 0.25) is 0 Å². The molecule has 0 spiro atoms. The first-order chi connectivity index (χ1) is 7.15. The molecule has 2 rings (SSSR count). The van der Waals surface area contributed by atoms with Gasteiger partial charge in [-0.25, -0.2) is 4.98 Å². The average Bonchev–Trinajstić information content (AvgIpc) is 2.14. The summed E-state index contributed by atoms with van der Waals surface area (Å²) in [4.78, 5) is 4.38. The summed E-state index contributed by atoms with van der Waals surface area (Å²) in [6.45, 7) is 2.06. The van der Waals surface area contributed by atoms with Crippen molar-refractivity contribution in [1.82, 2.24) is 4.98 Å². The number of nitrogens with one attached hydrogen (secondary N) is 1. The maximum atomic E-state index is 5.99. The van der Waals surface area contributed by atoms with Gasteiger partial charge in [0.1, 0.15) is 5.82 Å². The van der Waals surface area contributed by atoms with Crippen LogP contribution in [-0.4, -0.2) is 16.4 Å². The zero-order valence-corrected chi connectivity index (χ0v) is 11.0. The van der Waals surface area contributed by atoms with Gasteiger partial charge in [-0.15, -0.1) is 11.6 Å². The Hall–Kier alpha value is -0.280. The maximum Gasteiger partial charge on any atom is 0.129 e. The second-order valence-electron chi connectivity index (χ2n) is 4.21. The van der Waals surface area contributed by atoms with Gasteiger partial charge < -0.3 is 5.32 Å². The zero-order chi connectivity index (χ0) is 10.9. The lowest BCUT2D eigenvalue weighted by atomic mass is 9.78. The van der Waals surface area contributed by atoms with E-state index >= 15 is 0 Å². The van der Waals surface area contributed by atoms with E-state index in [1.165, 1.54) is 6.42 Å². The second kappa shape index (κ2) is 4.30. The predicted octanol–water partition coefficient (Wildman–Crippen LogP) is 3.73. The summed E-state index contributed by atoms with van der Waals surface area (Å²) in [7, 11) is 0. The molecule has 1 saturated carbocycles. The maximum absolute atomic E-state index is 5.99. The van der Waals surface area contributed by atoms with E-state index in [1.54, 1.807) is 0 Å². The fraction of sp³-hybridized carbons (Fsp3) is 0.545. The standard InChI is InChI=1S/C11H14BrClN2/c1-8-5-9(12)6-14-10(8)15-11(7-13)3-2-4-11/h5-6H,2-4,7H2,1H3,(H,14,15). The fourth-order valence-electron chi connectivity index (χ4n) is 1.82. The van der Waals surface area contributed by atoms with Crippen molar-refractivity contribution in [3.8, 4) is 0 Å². The summed E-state index contributed by atoms with van der Waals surface area (Å²) in [5.41, 5.74) is 1.24. The Morgan fingerprint density at radius 3 is 2.80 bits per heavy atom. The monoisotopic (exact) mass is 288 g/mol.